The predicted molar refractivity (Wildman–Crippen MR) is 82.2 cm³/mol. The number of aliphatic hydroxyl groups excluding tert-OH is 1. The van der Waals surface area contributed by atoms with E-state index in [0.717, 1.165) is 24.1 Å². The summed E-state index contributed by atoms with van der Waals surface area (Å²) in [5.74, 6) is 0. The van der Waals surface area contributed by atoms with Gasteiger partial charge >= 0.3 is 0 Å². The number of β-amino-alcohol motifs (C(OH)–C–C–N with tert-alkyl or cyclic N) is 1. The second-order valence-corrected chi connectivity index (χ2v) is 6.17. The van der Waals surface area contributed by atoms with E-state index in [4.69, 9.17) is 0 Å². The summed E-state index contributed by atoms with van der Waals surface area (Å²) in [6.07, 6.45) is 2.25. The Morgan fingerprint density at radius 1 is 1.32 bits per heavy atom. The van der Waals surface area contributed by atoms with E-state index < -0.39 is 0 Å². The molecule has 106 valence electrons. The molecule has 0 saturated carbocycles. The molecule has 2 atom stereocenters. The minimum Gasteiger partial charge on any atom is -0.390 e. The van der Waals surface area contributed by atoms with E-state index >= 15 is 0 Å². The van der Waals surface area contributed by atoms with Gasteiger partial charge in [0.2, 0.25) is 0 Å². The Kier molecular flexibility index (Phi) is 5.82. The average molecular weight is 327 g/mol. The van der Waals surface area contributed by atoms with Crippen LogP contribution in [0.15, 0.2) is 28.7 Å². The van der Waals surface area contributed by atoms with E-state index in [1.165, 1.54) is 18.4 Å². The second-order valence-electron chi connectivity index (χ2n) is 5.31. The molecule has 19 heavy (non-hydrogen) atoms. The standard InChI is InChI=1S/C15H23BrN2O/c1-12(14-6-2-3-7-15(14)16)17-10-13(19)11-18-8-4-5-9-18/h2-3,6-7,12-13,17,19H,4-5,8-11H2,1H3/t12-,13?/m1/s1. The summed E-state index contributed by atoms with van der Waals surface area (Å²) in [5, 5.41) is 13.5. The number of halogens is 1. The van der Waals surface area contributed by atoms with Crippen LogP contribution in [0.5, 0.6) is 0 Å². The van der Waals surface area contributed by atoms with Crippen molar-refractivity contribution < 1.29 is 5.11 Å². The van der Waals surface area contributed by atoms with Crippen LogP contribution in [0.25, 0.3) is 0 Å². The lowest BCUT2D eigenvalue weighted by Gasteiger charge is -2.22. The van der Waals surface area contributed by atoms with Crippen LogP contribution < -0.4 is 5.32 Å². The maximum atomic E-state index is 10.1. The highest BCUT2D eigenvalue weighted by Gasteiger charge is 2.16. The van der Waals surface area contributed by atoms with Crippen molar-refractivity contribution in [2.45, 2.75) is 31.9 Å². The zero-order chi connectivity index (χ0) is 13.7. The molecule has 0 bridgehead atoms. The molecule has 1 aromatic rings. The van der Waals surface area contributed by atoms with Crippen LogP contribution in [0.1, 0.15) is 31.4 Å². The molecule has 1 fully saturated rings. The summed E-state index contributed by atoms with van der Waals surface area (Å²) >= 11 is 3.56. The van der Waals surface area contributed by atoms with E-state index in [1.54, 1.807) is 0 Å². The predicted octanol–water partition coefficient (Wildman–Crippen LogP) is 2.56. The molecule has 0 spiro atoms. The maximum absolute atomic E-state index is 10.1. The van der Waals surface area contributed by atoms with Crippen LogP contribution in [0.4, 0.5) is 0 Å². The minimum atomic E-state index is -0.289. The van der Waals surface area contributed by atoms with E-state index in [1.807, 2.05) is 18.2 Å². The second kappa shape index (κ2) is 7.39. The van der Waals surface area contributed by atoms with Gasteiger partial charge in [-0.05, 0) is 44.5 Å². The summed E-state index contributed by atoms with van der Waals surface area (Å²) < 4.78 is 1.11. The minimum absolute atomic E-state index is 0.240. The van der Waals surface area contributed by atoms with Crippen molar-refractivity contribution in [3.05, 3.63) is 34.3 Å². The Hall–Kier alpha value is -0.420. The third-order valence-corrected chi connectivity index (χ3v) is 4.42. The quantitative estimate of drug-likeness (QED) is 0.843. The highest BCUT2D eigenvalue weighted by Crippen LogP contribution is 2.22. The van der Waals surface area contributed by atoms with Crippen LogP contribution in [-0.4, -0.2) is 42.3 Å². The third-order valence-electron chi connectivity index (χ3n) is 3.70. The Bertz CT molecular complexity index is 393. The van der Waals surface area contributed by atoms with Crippen LogP contribution in [0, 0.1) is 0 Å². The molecule has 3 nitrogen and oxygen atoms in total. The number of rotatable bonds is 6. The Morgan fingerprint density at radius 3 is 2.68 bits per heavy atom. The zero-order valence-corrected chi connectivity index (χ0v) is 13.1. The summed E-state index contributed by atoms with van der Waals surface area (Å²) in [5.41, 5.74) is 1.23. The molecular formula is C15H23BrN2O. The first-order valence-electron chi connectivity index (χ1n) is 7.05. The molecule has 4 heteroatoms. The van der Waals surface area contributed by atoms with Crippen LogP contribution in [0.2, 0.25) is 0 Å². The first kappa shape index (κ1) is 15.0. The van der Waals surface area contributed by atoms with Gasteiger partial charge in [0.25, 0.3) is 0 Å². The molecule has 1 heterocycles. The number of benzene rings is 1. The van der Waals surface area contributed by atoms with Gasteiger partial charge in [-0.25, -0.2) is 0 Å². The van der Waals surface area contributed by atoms with Gasteiger partial charge in [0.15, 0.2) is 0 Å². The average Bonchev–Trinajstić information content (AvgIpc) is 2.89. The van der Waals surface area contributed by atoms with Crippen LogP contribution in [0.3, 0.4) is 0 Å². The lowest BCUT2D eigenvalue weighted by atomic mass is 10.1. The van der Waals surface area contributed by atoms with Crippen molar-refractivity contribution in [3.63, 3.8) is 0 Å². The fraction of sp³-hybridized carbons (Fsp3) is 0.600. The molecule has 0 aromatic heterocycles. The molecule has 1 saturated heterocycles. The number of nitrogens with one attached hydrogen (secondary N) is 1. The van der Waals surface area contributed by atoms with Gasteiger partial charge in [0.1, 0.15) is 0 Å². The fourth-order valence-electron chi connectivity index (χ4n) is 2.58. The topological polar surface area (TPSA) is 35.5 Å². The Morgan fingerprint density at radius 2 is 2.00 bits per heavy atom. The van der Waals surface area contributed by atoms with Gasteiger partial charge in [-0.1, -0.05) is 34.1 Å². The maximum Gasteiger partial charge on any atom is 0.0791 e. The van der Waals surface area contributed by atoms with Crippen molar-refractivity contribution in [2.24, 2.45) is 0 Å². The van der Waals surface area contributed by atoms with E-state index in [0.29, 0.717) is 6.54 Å². The fourth-order valence-corrected chi connectivity index (χ4v) is 3.20. The lowest BCUT2D eigenvalue weighted by Crippen LogP contribution is -2.37. The van der Waals surface area contributed by atoms with Crippen LogP contribution in [-0.2, 0) is 0 Å². The molecule has 1 aliphatic heterocycles. The monoisotopic (exact) mass is 326 g/mol. The Balaban J connectivity index is 1.76. The number of hydrogen-bond acceptors (Lipinski definition) is 3. The summed E-state index contributed by atoms with van der Waals surface area (Å²) in [4.78, 5) is 2.34. The van der Waals surface area contributed by atoms with Crippen molar-refractivity contribution >= 4 is 15.9 Å². The van der Waals surface area contributed by atoms with E-state index in [2.05, 4.69) is 39.1 Å². The molecule has 1 aliphatic rings. The Labute approximate surface area is 124 Å². The molecule has 1 aromatic carbocycles. The molecule has 1 unspecified atom stereocenters. The van der Waals surface area contributed by atoms with Gasteiger partial charge in [-0.15, -0.1) is 0 Å². The zero-order valence-electron chi connectivity index (χ0n) is 11.5. The first-order chi connectivity index (χ1) is 9.16. The number of likely N-dealkylation sites (tertiary alicyclic amines) is 1. The smallest absolute Gasteiger partial charge is 0.0791 e. The van der Waals surface area contributed by atoms with Gasteiger partial charge in [-0.3, -0.25) is 0 Å². The SMILES string of the molecule is C[C@@H](NCC(O)CN1CCCC1)c1ccccc1Br. The molecule has 0 aliphatic carbocycles. The molecule has 2 rings (SSSR count). The van der Waals surface area contributed by atoms with Gasteiger partial charge in [0, 0.05) is 23.6 Å². The summed E-state index contributed by atoms with van der Waals surface area (Å²) in [7, 11) is 0. The van der Waals surface area contributed by atoms with Gasteiger partial charge < -0.3 is 15.3 Å². The molecule has 0 radical (unpaired) electrons. The number of hydrogen-bond donors (Lipinski definition) is 2. The van der Waals surface area contributed by atoms with Crippen molar-refractivity contribution in [2.75, 3.05) is 26.2 Å². The highest BCUT2D eigenvalue weighted by molar-refractivity contribution is 9.10. The van der Waals surface area contributed by atoms with E-state index in [-0.39, 0.29) is 12.1 Å². The normalized spacial score (nSPS) is 19.5. The van der Waals surface area contributed by atoms with Crippen molar-refractivity contribution in [1.82, 2.24) is 10.2 Å². The highest BCUT2D eigenvalue weighted by atomic mass is 79.9. The first-order valence-corrected chi connectivity index (χ1v) is 7.84. The third kappa shape index (κ3) is 4.56. The number of aliphatic hydroxyl groups is 1. The van der Waals surface area contributed by atoms with Crippen molar-refractivity contribution in [1.29, 1.82) is 0 Å². The van der Waals surface area contributed by atoms with Crippen LogP contribution >= 0.6 is 15.9 Å². The largest absolute Gasteiger partial charge is 0.390 e. The van der Waals surface area contributed by atoms with Crippen molar-refractivity contribution in [3.8, 4) is 0 Å². The van der Waals surface area contributed by atoms with E-state index in [9.17, 15) is 5.11 Å². The number of nitrogens with zero attached hydrogens (tertiary/aromatic N) is 1. The van der Waals surface area contributed by atoms with Gasteiger partial charge in [0.05, 0.1) is 6.10 Å². The summed E-state index contributed by atoms with van der Waals surface area (Å²) in [6.45, 7) is 5.82. The molecular weight excluding hydrogens is 304 g/mol. The summed E-state index contributed by atoms with van der Waals surface area (Å²) in [6, 6.07) is 8.45. The lowest BCUT2D eigenvalue weighted by molar-refractivity contribution is 0.121. The molecule has 2 N–H and O–H groups in total. The molecule has 0 amide bonds. The van der Waals surface area contributed by atoms with Gasteiger partial charge in [-0.2, -0.15) is 0 Å².